The van der Waals surface area contributed by atoms with E-state index in [1.165, 1.54) is 6.92 Å². The SMILES string of the molecule is CCOc1ccccc1C(CC(=O)Nc1ccc(N(C)C)c(C)c1)NC(C)=O. The molecule has 0 aliphatic rings. The molecule has 0 radical (unpaired) electrons. The predicted octanol–water partition coefficient (Wildman–Crippen LogP) is 3.67. The molecule has 1 atom stereocenters. The molecule has 0 bridgehead atoms. The number of aryl methyl sites for hydroxylation is 1. The first-order chi connectivity index (χ1) is 13.3. The highest BCUT2D eigenvalue weighted by Crippen LogP contribution is 2.28. The van der Waals surface area contributed by atoms with Gasteiger partial charge in [0, 0.05) is 38.0 Å². The van der Waals surface area contributed by atoms with Crippen molar-refractivity contribution < 1.29 is 14.3 Å². The van der Waals surface area contributed by atoms with Crippen LogP contribution < -0.4 is 20.3 Å². The minimum atomic E-state index is -0.470. The molecular formula is C22H29N3O3. The molecule has 0 aliphatic heterocycles. The quantitative estimate of drug-likeness (QED) is 0.730. The number of ether oxygens (including phenoxy) is 1. The van der Waals surface area contributed by atoms with Gasteiger partial charge in [0.15, 0.2) is 0 Å². The first kappa shape index (κ1) is 21.3. The summed E-state index contributed by atoms with van der Waals surface area (Å²) in [7, 11) is 3.96. The summed E-state index contributed by atoms with van der Waals surface area (Å²) in [6, 6.07) is 12.8. The summed E-state index contributed by atoms with van der Waals surface area (Å²) in [6.45, 7) is 5.85. The lowest BCUT2D eigenvalue weighted by atomic mass is 10.0. The van der Waals surface area contributed by atoms with E-state index in [4.69, 9.17) is 4.74 Å². The molecule has 0 fully saturated rings. The Bertz CT molecular complexity index is 834. The van der Waals surface area contributed by atoms with Gasteiger partial charge in [0.2, 0.25) is 11.8 Å². The summed E-state index contributed by atoms with van der Waals surface area (Å²) in [6.07, 6.45) is 0.109. The number of carbonyl (C=O) groups excluding carboxylic acids is 2. The monoisotopic (exact) mass is 383 g/mol. The zero-order valence-electron chi connectivity index (χ0n) is 17.2. The maximum absolute atomic E-state index is 12.7. The van der Waals surface area contributed by atoms with Gasteiger partial charge in [-0.1, -0.05) is 18.2 Å². The van der Waals surface area contributed by atoms with E-state index < -0.39 is 6.04 Å². The van der Waals surface area contributed by atoms with E-state index >= 15 is 0 Å². The van der Waals surface area contributed by atoms with Gasteiger partial charge in [-0.15, -0.1) is 0 Å². The number of hydrogen-bond acceptors (Lipinski definition) is 4. The van der Waals surface area contributed by atoms with Crippen LogP contribution in [0.2, 0.25) is 0 Å². The number of nitrogens with zero attached hydrogens (tertiary/aromatic N) is 1. The molecule has 150 valence electrons. The number of benzene rings is 2. The maximum atomic E-state index is 12.7. The lowest BCUT2D eigenvalue weighted by Gasteiger charge is -2.21. The zero-order chi connectivity index (χ0) is 20.7. The molecular weight excluding hydrogens is 354 g/mol. The number of nitrogens with one attached hydrogen (secondary N) is 2. The number of amides is 2. The van der Waals surface area contributed by atoms with Crippen molar-refractivity contribution >= 4 is 23.2 Å². The van der Waals surface area contributed by atoms with Gasteiger partial charge in [-0.2, -0.15) is 0 Å². The predicted molar refractivity (Wildman–Crippen MR) is 113 cm³/mol. The third-order valence-corrected chi connectivity index (χ3v) is 4.32. The van der Waals surface area contributed by atoms with E-state index in [2.05, 4.69) is 10.6 Å². The van der Waals surface area contributed by atoms with Crippen LogP contribution in [0.25, 0.3) is 0 Å². The Balaban J connectivity index is 2.18. The van der Waals surface area contributed by atoms with Gasteiger partial charge in [-0.05, 0) is 43.7 Å². The van der Waals surface area contributed by atoms with Crippen LogP contribution in [0.15, 0.2) is 42.5 Å². The molecule has 6 nitrogen and oxygen atoms in total. The zero-order valence-corrected chi connectivity index (χ0v) is 17.2. The van der Waals surface area contributed by atoms with Crippen molar-refractivity contribution in [2.75, 3.05) is 30.9 Å². The second-order valence-corrected chi connectivity index (χ2v) is 6.87. The van der Waals surface area contributed by atoms with Gasteiger partial charge in [0.25, 0.3) is 0 Å². The van der Waals surface area contributed by atoms with Crippen molar-refractivity contribution in [2.45, 2.75) is 33.2 Å². The molecule has 2 aromatic rings. The summed E-state index contributed by atoms with van der Waals surface area (Å²) < 4.78 is 5.66. The van der Waals surface area contributed by atoms with Crippen molar-refractivity contribution in [1.29, 1.82) is 0 Å². The fourth-order valence-electron chi connectivity index (χ4n) is 3.17. The Morgan fingerprint density at radius 1 is 1.14 bits per heavy atom. The van der Waals surface area contributed by atoms with Gasteiger partial charge in [0.1, 0.15) is 5.75 Å². The molecule has 0 aliphatic carbocycles. The van der Waals surface area contributed by atoms with Crippen molar-refractivity contribution in [3.8, 4) is 5.75 Å². The molecule has 1 unspecified atom stereocenters. The highest BCUT2D eigenvalue weighted by molar-refractivity contribution is 5.92. The summed E-state index contributed by atoms with van der Waals surface area (Å²) in [5, 5.41) is 5.78. The number of para-hydroxylation sites is 1. The van der Waals surface area contributed by atoms with Crippen molar-refractivity contribution in [1.82, 2.24) is 5.32 Å². The molecule has 0 spiro atoms. The molecule has 0 saturated heterocycles. The minimum Gasteiger partial charge on any atom is -0.494 e. The summed E-state index contributed by atoms with van der Waals surface area (Å²) in [4.78, 5) is 26.4. The minimum absolute atomic E-state index is 0.109. The average molecular weight is 383 g/mol. The van der Waals surface area contributed by atoms with Crippen LogP contribution >= 0.6 is 0 Å². The number of anilines is 2. The summed E-state index contributed by atoms with van der Waals surface area (Å²) in [5.41, 5.74) is 3.68. The fourth-order valence-corrected chi connectivity index (χ4v) is 3.17. The van der Waals surface area contributed by atoms with E-state index in [-0.39, 0.29) is 18.2 Å². The average Bonchev–Trinajstić information content (AvgIpc) is 2.61. The van der Waals surface area contributed by atoms with Crippen LogP contribution in [-0.4, -0.2) is 32.5 Å². The molecule has 2 N–H and O–H groups in total. The largest absolute Gasteiger partial charge is 0.494 e. The Labute approximate surface area is 166 Å². The lowest BCUT2D eigenvalue weighted by molar-refractivity contribution is -0.120. The van der Waals surface area contributed by atoms with Crippen LogP contribution in [0.5, 0.6) is 5.75 Å². The molecule has 6 heteroatoms. The lowest BCUT2D eigenvalue weighted by Crippen LogP contribution is -2.30. The first-order valence-electron chi connectivity index (χ1n) is 9.38. The number of hydrogen-bond donors (Lipinski definition) is 2. The van der Waals surface area contributed by atoms with Gasteiger partial charge < -0.3 is 20.3 Å². The maximum Gasteiger partial charge on any atom is 0.226 e. The van der Waals surface area contributed by atoms with Crippen LogP contribution in [0.3, 0.4) is 0 Å². The van der Waals surface area contributed by atoms with Crippen LogP contribution in [0.4, 0.5) is 11.4 Å². The number of rotatable bonds is 8. The van der Waals surface area contributed by atoms with Crippen molar-refractivity contribution in [2.24, 2.45) is 0 Å². The molecule has 2 aromatic carbocycles. The second-order valence-electron chi connectivity index (χ2n) is 6.87. The second kappa shape index (κ2) is 9.78. The van der Waals surface area contributed by atoms with Crippen molar-refractivity contribution in [3.63, 3.8) is 0 Å². The Morgan fingerprint density at radius 3 is 2.46 bits per heavy atom. The van der Waals surface area contributed by atoms with Gasteiger partial charge in [-0.25, -0.2) is 0 Å². The number of carbonyl (C=O) groups is 2. The first-order valence-corrected chi connectivity index (χ1v) is 9.38. The molecule has 0 saturated carbocycles. The van der Waals surface area contributed by atoms with E-state index in [9.17, 15) is 9.59 Å². The summed E-state index contributed by atoms with van der Waals surface area (Å²) in [5.74, 6) is 0.292. The molecule has 2 amide bonds. The Kier molecular flexibility index (Phi) is 7.44. The normalized spacial score (nSPS) is 11.5. The summed E-state index contributed by atoms with van der Waals surface area (Å²) >= 11 is 0. The van der Waals surface area contributed by atoms with E-state index in [1.807, 2.05) is 75.3 Å². The Hall–Kier alpha value is -3.02. The van der Waals surface area contributed by atoms with Crippen LogP contribution in [0.1, 0.15) is 37.4 Å². The third-order valence-electron chi connectivity index (χ3n) is 4.32. The molecule has 0 aromatic heterocycles. The highest BCUT2D eigenvalue weighted by atomic mass is 16.5. The van der Waals surface area contributed by atoms with E-state index in [1.54, 1.807) is 0 Å². The van der Waals surface area contributed by atoms with Gasteiger partial charge in [-0.3, -0.25) is 9.59 Å². The standard InChI is InChI=1S/C22H29N3O3/c1-6-28-21-10-8-7-9-18(21)19(23-16(3)26)14-22(27)24-17-11-12-20(25(4)5)15(2)13-17/h7-13,19H,6,14H2,1-5H3,(H,23,26)(H,24,27). The third kappa shape index (κ3) is 5.74. The van der Waals surface area contributed by atoms with E-state index in [0.717, 1.165) is 22.5 Å². The molecule has 28 heavy (non-hydrogen) atoms. The van der Waals surface area contributed by atoms with Crippen LogP contribution in [0, 0.1) is 6.92 Å². The Morgan fingerprint density at radius 2 is 1.86 bits per heavy atom. The van der Waals surface area contributed by atoms with E-state index in [0.29, 0.717) is 12.4 Å². The highest BCUT2D eigenvalue weighted by Gasteiger charge is 2.21. The van der Waals surface area contributed by atoms with Gasteiger partial charge >= 0.3 is 0 Å². The topological polar surface area (TPSA) is 70.7 Å². The van der Waals surface area contributed by atoms with Gasteiger partial charge in [0.05, 0.1) is 19.1 Å². The smallest absolute Gasteiger partial charge is 0.226 e. The molecule has 0 heterocycles. The molecule has 2 rings (SSSR count). The fraction of sp³-hybridized carbons (Fsp3) is 0.364. The van der Waals surface area contributed by atoms with Crippen molar-refractivity contribution in [3.05, 3.63) is 53.6 Å². The van der Waals surface area contributed by atoms with Crippen LogP contribution in [-0.2, 0) is 9.59 Å².